The molecule has 0 aromatic carbocycles. The minimum atomic E-state index is -0.618. The van der Waals surface area contributed by atoms with E-state index < -0.39 is 11.8 Å². The number of carbonyl (C=O) groups excluding carboxylic acids is 1. The fraction of sp³-hybridized carbons (Fsp3) is 0.786. The lowest BCUT2D eigenvalue weighted by atomic mass is 9.76. The highest BCUT2D eigenvalue weighted by molar-refractivity contribution is 5.84. The Morgan fingerprint density at radius 1 is 1.61 bits per heavy atom. The van der Waals surface area contributed by atoms with Gasteiger partial charge in [-0.1, -0.05) is 0 Å². The van der Waals surface area contributed by atoms with Crippen molar-refractivity contribution in [1.29, 1.82) is 0 Å². The van der Waals surface area contributed by atoms with Crippen LogP contribution in [0.5, 0.6) is 0 Å². The second-order valence-corrected chi connectivity index (χ2v) is 6.00. The molecule has 2 saturated heterocycles. The van der Waals surface area contributed by atoms with Crippen molar-refractivity contribution < 1.29 is 14.6 Å². The van der Waals surface area contributed by atoms with Crippen LogP contribution in [0.2, 0.25) is 0 Å². The van der Waals surface area contributed by atoms with Crippen LogP contribution in [-0.4, -0.2) is 40.4 Å². The second-order valence-electron chi connectivity index (χ2n) is 6.00. The van der Waals surface area contributed by atoms with Crippen molar-refractivity contribution in [3.63, 3.8) is 0 Å². The van der Waals surface area contributed by atoms with Gasteiger partial charge in [-0.3, -0.25) is 4.79 Å². The summed E-state index contributed by atoms with van der Waals surface area (Å²) in [5.41, 5.74) is -0.618. The van der Waals surface area contributed by atoms with E-state index in [9.17, 15) is 9.90 Å². The Hall–Kier alpha value is -1.05. The molecular formula is C14H17NO3. The molecule has 0 aromatic heterocycles. The molecule has 7 unspecified atom stereocenters. The van der Waals surface area contributed by atoms with Gasteiger partial charge in [0.15, 0.2) is 5.72 Å². The number of amides is 1. The van der Waals surface area contributed by atoms with Crippen LogP contribution in [0.1, 0.15) is 19.8 Å². The number of ether oxygens (including phenoxy) is 1. The van der Waals surface area contributed by atoms with Crippen molar-refractivity contribution in [3.8, 4) is 12.3 Å². The van der Waals surface area contributed by atoms with Gasteiger partial charge < -0.3 is 14.7 Å². The number of terminal acetylenes is 1. The van der Waals surface area contributed by atoms with Gasteiger partial charge in [-0.2, -0.15) is 0 Å². The minimum Gasteiger partial charge on any atom is -0.390 e. The number of carbonyl (C=O) groups is 1. The van der Waals surface area contributed by atoms with Gasteiger partial charge in [0.05, 0.1) is 24.5 Å². The largest absolute Gasteiger partial charge is 0.390 e. The maximum absolute atomic E-state index is 12.5. The molecule has 0 radical (unpaired) electrons. The Bertz CT molecular complexity index is 470. The number of hydrogen-bond donors (Lipinski definition) is 1. The standard InChI is InChI=1S/C14H17NO3/c1-3-5-14-10-8-6-7(11(16)12(8)18-14)9(10)13(17)15(14)4-2/h1,7-12,16H,4-6H2,2H3. The van der Waals surface area contributed by atoms with E-state index in [1.165, 1.54) is 0 Å². The Labute approximate surface area is 106 Å². The highest BCUT2D eigenvalue weighted by Crippen LogP contribution is 2.68. The quantitative estimate of drug-likeness (QED) is 0.710. The summed E-state index contributed by atoms with van der Waals surface area (Å²) in [7, 11) is 0. The predicted molar refractivity (Wildman–Crippen MR) is 63.0 cm³/mol. The van der Waals surface area contributed by atoms with E-state index in [-0.39, 0.29) is 29.8 Å². The first-order valence-corrected chi connectivity index (χ1v) is 6.76. The van der Waals surface area contributed by atoms with Gasteiger partial charge in [-0.25, -0.2) is 0 Å². The van der Waals surface area contributed by atoms with Crippen LogP contribution in [0.4, 0.5) is 0 Å². The fourth-order valence-electron chi connectivity index (χ4n) is 5.19. The minimum absolute atomic E-state index is 0.0583. The van der Waals surface area contributed by atoms with E-state index in [0.29, 0.717) is 18.9 Å². The summed E-state index contributed by atoms with van der Waals surface area (Å²) in [6, 6.07) is 0. The molecule has 1 amide bonds. The molecule has 4 heteroatoms. The summed E-state index contributed by atoms with van der Waals surface area (Å²) < 4.78 is 6.16. The lowest BCUT2D eigenvalue weighted by Crippen LogP contribution is -2.50. The van der Waals surface area contributed by atoms with Crippen LogP contribution in [0.15, 0.2) is 0 Å². The Kier molecular flexibility index (Phi) is 1.86. The number of rotatable bonds is 2. The third-order valence-electron chi connectivity index (χ3n) is 5.59. The fourth-order valence-corrected chi connectivity index (χ4v) is 5.19. The zero-order valence-electron chi connectivity index (χ0n) is 10.4. The van der Waals surface area contributed by atoms with Gasteiger partial charge in [0.1, 0.15) is 0 Å². The first kappa shape index (κ1) is 10.8. The van der Waals surface area contributed by atoms with Crippen molar-refractivity contribution in [3.05, 3.63) is 0 Å². The van der Waals surface area contributed by atoms with Gasteiger partial charge in [-0.15, -0.1) is 12.3 Å². The SMILES string of the molecule is C#CCC12OC3C(O)C4CC3C1C4C(=O)N2CC. The van der Waals surface area contributed by atoms with Crippen LogP contribution in [0.3, 0.4) is 0 Å². The number of aliphatic hydroxyl groups excluding tert-OH is 1. The lowest BCUT2D eigenvalue weighted by Gasteiger charge is -2.37. The molecule has 4 fully saturated rings. The number of fused-ring (bicyclic) bond motifs is 2. The van der Waals surface area contributed by atoms with Gasteiger partial charge in [-0.05, 0) is 25.2 Å². The summed E-state index contributed by atoms with van der Waals surface area (Å²) in [6.45, 7) is 2.60. The summed E-state index contributed by atoms with van der Waals surface area (Å²) in [6.07, 6.45) is 6.29. The van der Waals surface area contributed by atoms with Crippen LogP contribution in [-0.2, 0) is 9.53 Å². The van der Waals surface area contributed by atoms with Gasteiger partial charge in [0, 0.05) is 12.5 Å². The molecule has 18 heavy (non-hydrogen) atoms. The van der Waals surface area contributed by atoms with Gasteiger partial charge in [0.25, 0.3) is 0 Å². The van der Waals surface area contributed by atoms with Crippen LogP contribution >= 0.6 is 0 Å². The third-order valence-corrected chi connectivity index (χ3v) is 5.59. The zero-order chi connectivity index (χ0) is 12.7. The average Bonchev–Trinajstić information content (AvgIpc) is 2.97. The molecule has 7 atom stereocenters. The van der Waals surface area contributed by atoms with E-state index in [0.717, 1.165) is 6.42 Å². The number of aliphatic hydroxyl groups is 1. The maximum atomic E-state index is 12.5. The molecule has 0 spiro atoms. The van der Waals surface area contributed by atoms with Crippen LogP contribution in [0, 0.1) is 36.0 Å². The first-order valence-electron chi connectivity index (χ1n) is 6.76. The van der Waals surface area contributed by atoms with Crippen molar-refractivity contribution >= 4 is 5.91 Å². The van der Waals surface area contributed by atoms with Crippen molar-refractivity contribution in [2.75, 3.05) is 6.54 Å². The van der Waals surface area contributed by atoms with E-state index >= 15 is 0 Å². The molecule has 2 aliphatic carbocycles. The Morgan fingerprint density at radius 2 is 2.39 bits per heavy atom. The Balaban J connectivity index is 1.87. The molecule has 2 saturated carbocycles. The smallest absolute Gasteiger partial charge is 0.228 e. The normalized spacial score (nSPS) is 55.4. The molecule has 2 aliphatic heterocycles. The lowest BCUT2D eigenvalue weighted by molar-refractivity contribution is -0.175. The highest BCUT2D eigenvalue weighted by Gasteiger charge is 2.77. The van der Waals surface area contributed by atoms with E-state index in [2.05, 4.69) is 5.92 Å². The molecule has 96 valence electrons. The topological polar surface area (TPSA) is 49.8 Å². The number of nitrogens with zero attached hydrogens (tertiary/aromatic N) is 1. The predicted octanol–water partition coefficient (Wildman–Crippen LogP) is 0.210. The van der Waals surface area contributed by atoms with Gasteiger partial charge in [0.2, 0.25) is 5.91 Å². The zero-order valence-corrected chi connectivity index (χ0v) is 10.4. The third kappa shape index (κ3) is 0.866. The van der Waals surface area contributed by atoms with Crippen LogP contribution < -0.4 is 0 Å². The van der Waals surface area contributed by atoms with Crippen LogP contribution in [0.25, 0.3) is 0 Å². The van der Waals surface area contributed by atoms with E-state index in [1.807, 2.05) is 11.8 Å². The maximum Gasteiger partial charge on any atom is 0.228 e. The molecular weight excluding hydrogens is 230 g/mol. The summed E-state index contributed by atoms with van der Waals surface area (Å²) in [4.78, 5) is 14.4. The van der Waals surface area contributed by atoms with E-state index in [1.54, 1.807) is 0 Å². The molecule has 4 aliphatic rings. The first-order chi connectivity index (χ1) is 8.65. The molecule has 1 N–H and O–H groups in total. The second kappa shape index (κ2) is 3.09. The molecule has 2 bridgehead atoms. The number of likely N-dealkylation sites (tertiary alicyclic amines) is 1. The highest BCUT2D eigenvalue weighted by atomic mass is 16.6. The van der Waals surface area contributed by atoms with Gasteiger partial charge >= 0.3 is 0 Å². The average molecular weight is 247 g/mol. The van der Waals surface area contributed by atoms with E-state index in [4.69, 9.17) is 11.2 Å². The molecule has 0 aromatic rings. The molecule has 2 heterocycles. The molecule has 4 rings (SSSR count). The van der Waals surface area contributed by atoms with Crippen molar-refractivity contribution in [2.24, 2.45) is 23.7 Å². The number of hydrogen-bond acceptors (Lipinski definition) is 3. The molecule has 4 nitrogen and oxygen atoms in total. The van der Waals surface area contributed by atoms with Crippen molar-refractivity contribution in [2.45, 2.75) is 37.7 Å². The summed E-state index contributed by atoms with van der Waals surface area (Å²) in [5, 5.41) is 10.2. The summed E-state index contributed by atoms with van der Waals surface area (Å²) >= 11 is 0. The van der Waals surface area contributed by atoms with Crippen molar-refractivity contribution in [1.82, 2.24) is 4.90 Å². The monoisotopic (exact) mass is 247 g/mol. The summed E-state index contributed by atoms with van der Waals surface area (Å²) in [5.74, 6) is 3.38. The Morgan fingerprint density at radius 3 is 3.06 bits per heavy atom.